The van der Waals surface area contributed by atoms with Crippen LogP contribution in [0.3, 0.4) is 0 Å². The first-order valence-electron chi connectivity index (χ1n) is 9.19. The molecule has 9 nitrogen and oxygen atoms in total. The number of rotatable bonds is 6. The quantitative estimate of drug-likeness (QED) is 0.432. The second-order valence-corrected chi connectivity index (χ2v) is 7.42. The summed E-state index contributed by atoms with van der Waals surface area (Å²) < 4.78 is 16.8. The molecule has 0 radical (unpaired) electrons. The monoisotopic (exact) mass is 389 g/mol. The Bertz CT molecular complexity index is 831. The maximum Gasteiger partial charge on any atom is 0.319 e. The maximum atomic E-state index is 9.97. The van der Waals surface area contributed by atoms with Gasteiger partial charge in [0.15, 0.2) is 11.5 Å². The third-order valence-corrected chi connectivity index (χ3v) is 4.35. The third kappa shape index (κ3) is 4.79. The normalized spacial score (nSPS) is 15.8. The van der Waals surface area contributed by atoms with Gasteiger partial charge in [-0.25, -0.2) is 0 Å². The number of aliphatic hydroxyl groups is 1. The lowest BCUT2D eigenvalue weighted by atomic mass is 10.1. The van der Waals surface area contributed by atoms with Crippen LogP contribution >= 0.6 is 0 Å². The van der Waals surface area contributed by atoms with Gasteiger partial charge in [-0.1, -0.05) is 0 Å². The second kappa shape index (κ2) is 8.15. The maximum absolute atomic E-state index is 9.97. The topological polar surface area (TPSA) is 119 Å². The van der Waals surface area contributed by atoms with Crippen LogP contribution in [0.1, 0.15) is 36.6 Å². The first-order chi connectivity index (χ1) is 13.3. The number of aromatic nitrogens is 2. The Morgan fingerprint density at radius 1 is 1.29 bits per heavy atom. The van der Waals surface area contributed by atoms with Crippen molar-refractivity contribution < 1.29 is 19.0 Å². The van der Waals surface area contributed by atoms with Crippen molar-refractivity contribution in [1.29, 1.82) is 0 Å². The van der Waals surface area contributed by atoms with Crippen LogP contribution in [-0.2, 0) is 4.74 Å². The number of hydrazone groups is 1. The predicted octanol–water partition coefficient (Wildman–Crippen LogP) is 1.38. The molecule has 3 N–H and O–H groups in total. The summed E-state index contributed by atoms with van der Waals surface area (Å²) in [6.07, 6.45) is 0. The van der Waals surface area contributed by atoms with Gasteiger partial charge in [0.1, 0.15) is 23.9 Å². The van der Waals surface area contributed by atoms with E-state index in [4.69, 9.17) is 19.7 Å². The number of morpholine rings is 1. The molecule has 0 aromatic carbocycles. The predicted molar refractivity (Wildman–Crippen MR) is 105 cm³/mol. The first-order valence-corrected chi connectivity index (χ1v) is 9.19. The SMILES string of the molecule is Cc1cc(C(=NN)c2cc(N3CCOCC3)nc(OCC(C)(C)O)n2)oc1C. The number of nitrogens with two attached hydrogens (primary N) is 1. The standard InChI is InChI=1S/C19H27N5O4/c1-12-9-15(28-13(12)2)17(23-20)14-10-16(24-5-7-26-8-6-24)22-18(21-14)27-11-19(3,4)25/h9-10,25H,5-8,11,20H2,1-4H3. The van der Waals surface area contributed by atoms with Gasteiger partial charge in [0.2, 0.25) is 0 Å². The number of hydrogen-bond donors (Lipinski definition) is 2. The number of furan rings is 1. The first kappa shape index (κ1) is 20.1. The molecule has 3 heterocycles. The van der Waals surface area contributed by atoms with E-state index < -0.39 is 5.60 Å². The molecule has 2 aromatic rings. The number of ether oxygens (including phenoxy) is 2. The van der Waals surface area contributed by atoms with Crippen molar-refractivity contribution >= 4 is 11.5 Å². The zero-order chi connectivity index (χ0) is 20.3. The molecule has 2 aromatic heterocycles. The lowest BCUT2D eigenvalue weighted by molar-refractivity contribution is 0.0250. The highest BCUT2D eigenvalue weighted by atomic mass is 16.5. The van der Waals surface area contributed by atoms with Gasteiger partial charge in [-0.3, -0.25) is 0 Å². The lowest BCUT2D eigenvalue weighted by Gasteiger charge is -2.28. The minimum absolute atomic E-state index is 0.0487. The molecule has 0 bridgehead atoms. The summed E-state index contributed by atoms with van der Waals surface area (Å²) in [6, 6.07) is 3.82. The molecular formula is C19H27N5O4. The minimum Gasteiger partial charge on any atom is -0.460 e. The number of nitrogens with zero attached hydrogens (tertiary/aromatic N) is 4. The number of anilines is 1. The van der Waals surface area contributed by atoms with Gasteiger partial charge >= 0.3 is 6.01 Å². The Labute approximate surface area is 164 Å². The fourth-order valence-corrected chi connectivity index (χ4v) is 2.74. The summed E-state index contributed by atoms with van der Waals surface area (Å²) in [6.45, 7) is 9.83. The van der Waals surface area contributed by atoms with E-state index in [0.717, 1.165) is 11.3 Å². The molecule has 0 saturated carbocycles. The highest BCUT2D eigenvalue weighted by Crippen LogP contribution is 2.22. The van der Waals surface area contributed by atoms with Crippen LogP contribution < -0.4 is 15.5 Å². The Morgan fingerprint density at radius 3 is 2.57 bits per heavy atom. The molecule has 0 unspecified atom stereocenters. The molecule has 152 valence electrons. The van der Waals surface area contributed by atoms with E-state index in [9.17, 15) is 5.11 Å². The molecule has 1 aliphatic rings. The van der Waals surface area contributed by atoms with Crippen LogP contribution in [0.5, 0.6) is 6.01 Å². The minimum atomic E-state index is -1.02. The van der Waals surface area contributed by atoms with Crippen molar-refractivity contribution in [2.45, 2.75) is 33.3 Å². The van der Waals surface area contributed by atoms with E-state index in [1.165, 1.54) is 0 Å². The van der Waals surface area contributed by atoms with Crippen molar-refractivity contribution in [3.63, 3.8) is 0 Å². The van der Waals surface area contributed by atoms with E-state index >= 15 is 0 Å². The molecule has 0 spiro atoms. The van der Waals surface area contributed by atoms with Crippen LogP contribution in [0, 0.1) is 13.8 Å². The van der Waals surface area contributed by atoms with Crippen molar-refractivity contribution in [2.24, 2.45) is 10.9 Å². The van der Waals surface area contributed by atoms with Gasteiger partial charge in [0.25, 0.3) is 0 Å². The molecule has 3 rings (SSSR count). The number of hydrogen-bond acceptors (Lipinski definition) is 9. The second-order valence-electron chi connectivity index (χ2n) is 7.42. The zero-order valence-electron chi connectivity index (χ0n) is 16.7. The van der Waals surface area contributed by atoms with Crippen molar-refractivity contribution in [2.75, 3.05) is 37.8 Å². The molecule has 0 atom stereocenters. The van der Waals surface area contributed by atoms with Gasteiger partial charge in [-0.2, -0.15) is 15.1 Å². The van der Waals surface area contributed by atoms with Gasteiger partial charge in [0, 0.05) is 19.2 Å². The molecule has 0 amide bonds. The van der Waals surface area contributed by atoms with Gasteiger partial charge in [-0.05, 0) is 39.3 Å². The summed E-state index contributed by atoms with van der Waals surface area (Å²) in [4.78, 5) is 11.0. The van der Waals surface area contributed by atoms with Gasteiger partial charge < -0.3 is 29.7 Å². The summed E-state index contributed by atoms with van der Waals surface area (Å²) >= 11 is 0. The fourth-order valence-electron chi connectivity index (χ4n) is 2.74. The van der Waals surface area contributed by atoms with Gasteiger partial charge in [-0.15, -0.1) is 0 Å². The van der Waals surface area contributed by atoms with Crippen LogP contribution in [0.15, 0.2) is 21.7 Å². The van der Waals surface area contributed by atoms with Crippen molar-refractivity contribution in [3.8, 4) is 6.01 Å². The Morgan fingerprint density at radius 2 is 2.00 bits per heavy atom. The summed E-state index contributed by atoms with van der Waals surface area (Å²) in [5, 5.41) is 13.9. The molecule has 1 fully saturated rings. The highest BCUT2D eigenvalue weighted by Gasteiger charge is 2.22. The van der Waals surface area contributed by atoms with Crippen LogP contribution in [-0.4, -0.2) is 59.3 Å². The van der Waals surface area contributed by atoms with Crippen LogP contribution in [0.2, 0.25) is 0 Å². The van der Waals surface area contributed by atoms with E-state index in [2.05, 4.69) is 20.0 Å². The Hall–Kier alpha value is -2.65. The Balaban J connectivity index is 1.99. The molecule has 1 saturated heterocycles. The fraction of sp³-hybridized carbons (Fsp3) is 0.526. The molecule has 0 aliphatic carbocycles. The van der Waals surface area contributed by atoms with E-state index in [1.54, 1.807) is 19.9 Å². The highest BCUT2D eigenvalue weighted by molar-refractivity contribution is 6.10. The average Bonchev–Trinajstić information content (AvgIpc) is 2.99. The summed E-state index contributed by atoms with van der Waals surface area (Å²) in [5.74, 6) is 7.67. The molecule has 9 heteroatoms. The molecular weight excluding hydrogens is 362 g/mol. The largest absolute Gasteiger partial charge is 0.460 e. The summed E-state index contributed by atoms with van der Waals surface area (Å²) in [7, 11) is 0. The average molecular weight is 389 g/mol. The smallest absolute Gasteiger partial charge is 0.319 e. The summed E-state index contributed by atoms with van der Waals surface area (Å²) in [5.41, 5.74) is 0.871. The van der Waals surface area contributed by atoms with E-state index in [1.807, 2.05) is 19.9 Å². The number of aryl methyl sites for hydroxylation is 2. The third-order valence-electron chi connectivity index (χ3n) is 4.35. The van der Waals surface area contributed by atoms with E-state index in [-0.39, 0.29) is 12.6 Å². The Kier molecular flexibility index (Phi) is 5.85. The van der Waals surface area contributed by atoms with Crippen molar-refractivity contribution in [3.05, 3.63) is 34.9 Å². The van der Waals surface area contributed by atoms with E-state index in [0.29, 0.717) is 49.3 Å². The lowest BCUT2D eigenvalue weighted by Crippen LogP contribution is -2.37. The molecule has 1 aliphatic heterocycles. The van der Waals surface area contributed by atoms with Crippen LogP contribution in [0.4, 0.5) is 5.82 Å². The van der Waals surface area contributed by atoms with Crippen LogP contribution in [0.25, 0.3) is 0 Å². The van der Waals surface area contributed by atoms with Crippen molar-refractivity contribution in [1.82, 2.24) is 9.97 Å². The van der Waals surface area contributed by atoms with Gasteiger partial charge in [0.05, 0.1) is 18.8 Å². The molecule has 28 heavy (non-hydrogen) atoms. The zero-order valence-corrected chi connectivity index (χ0v) is 16.7.